The highest BCUT2D eigenvalue weighted by Gasteiger charge is 2.16. The number of fused-ring (bicyclic) bond motifs is 1. The van der Waals surface area contributed by atoms with Crippen LogP contribution >= 0.6 is 46.3 Å². The van der Waals surface area contributed by atoms with E-state index in [9.17, 15) is 4.79 Å². The van der Waals surface area contributed by atoms with E-state index in [1.807, 2.05) is 12.1 Å². The summed E-state index contributed by atoms with van der Waals surface area (Å²) in [5.74, 6) is 1.56. The molecule has 0 bridgehead atoms. The molecule has 0 atom stereocenters. The number of aliphatic hydroxyl groups excluding tert-OH is 1. The zero-order chi connectivity index (χ0) is 15.2. The molecular formula is C14H15Cl2NO2S2. The van der Waals surface area contributed by atoms with Gasteiger partial charge in [0.25, 0.3) is 5.91 Å². The Morgan fingerprint density at radius 3 is 2.90 bits per heavy atom. The van der Waals surface area contributed by atoms with Crippen LogP contribution in [-0.4, -0.2) is 35.7 Å². The van der Waals surface area contributed by atoms with Gasteiger partial charge in [0.05, 0.1) is 5.02 Å². The number of carbonyl (C=O) groups is 1. The second-order valence-electron chi connectivity index (χ2n) is 4.33. The highest BCUT2D eigenvalue weighted by molar-refractivity contribution is 7.99. The number of halogens is 2. The molecule has 0 aliphatic carbocycles. The number of thiophene rings is 1. The van der Waals surface area contributed by atoms with Crippen molar-refractivity contribution in [2.75, 3.05) is 24.7 Å². The number of benzene rings is 1. The van der Waals surface area contributed by atoms with Crippen molar-refractivity contribution in [3.05, 3.63) is 33.1 Å². The van der Waals surface area contributed by atoms with Crippen LogP contribution in [0.1, 0.15) is 16.1 Å². The molecule has 114 valence electrons. The quantitative estimate of drug-likeness (QED) is 0.729. The highest BCUT2D eigenvalue weighted by Crippen LogP contribution is 2.36. The lowest BCUT2D eigenvalue weighted by Crippen LogP contribution is -2.25. The predicted molar refractivity (Wildman–Crippen MR) is 93.2 cm³/mol. The van der Waals surface area contributed by atoms with Crippen molar-refractivity contribution in [3.8, 4) is 0 Å². The zero-order valence-electron chi connectivity index (χ0n) is 11.2. The van der Waals surface area contributed by atoms with Crippen LogP contribution in [0.3, 0.4) is 0 Å². The summed E-state index contributed by atoms with van der Waals surface area (Å²) < 4.78 is 0.912. The van der Waals surface area contributed by atoms with Crippen LogP contribution in [0.25, 0.3) is 10.1 Å². The average Bonchev–Trinajstić information content (AvgIpc) is 2.79. The largest absolute Gasteiger partial charge is 0.396 e. The Balaban J connectivity index is 1.95. The van der Waals surface area contributed by atoms with E-state index >= 15 is 0 Å². The fourth-order valence-electron chi connectivity index (χ4n) is 1.77. The van der Waals surface area contributed by atoms with Gasteiger partial charge in [-0.25, -0.2) is 0 Å². The molecule has 0 aliphatic heterocycles. The molecule has 0 radical (unpaired) electrons. The lowest BCUT2D eigenvalue weighted by Gasteiger charge is -2.03. The summed E-state index contributed by atoms with van der Waals surface area (Å²) in [6, 6.07) is 5.41. The molecule has 0 saturated heterocycles. The van der Waals surface area contributed by atoms with Crippen molar-refractivity contribution in [1.82, 2.24) is 5.32 Å². The maximum Gasteiger partial charge on any atom is 0.262 e. The summed E-state index contributed by atoms with van der Waals surface area (Å²) in [5.41, 5.74) is 0. The Labute approximate surface area is 141 Å². The Bertz CT molecular complexity index is 631. The van der Waals surface area contributed by atoms with Crippen molar-refractivity contribution in [1.29, 1.82) is 0 Å². The summed E-state index contributed by atoms with van der Waals surface area (Å²) in [7, 11) is 0. The zero-order valence-corrected chi connectivity index (χ0v) is 14.3. The predicted octanol–water partition coefficient (Wildman–Crippen LogP) is 4.05. The molecule has 1 amide bonds. The number of hydrogen-bond donors (Lipinski definition) is 2. The summed E-state index contributed by atoms with van der Waals surface area (Å²) in [6.07, 6.45) is 0.779. The topological polar surface area (TPSA) is 49.3 Å². The molecule has 7 heteroatoms. The maximum absolute atomic E-state index is 12.1. The first-order valence-electron chi connectivity index (χ1n) is 6.48. The normalized spacial score (nSPS) is 11.0. The van der Waals surface area contributed by atoms with Crippen LogP contribution in [0.5, 0.6) is 0 Å². The van der Waals surface area contributed by atoms with E-state index in [1.165, 1.54) is 11.3 Å². The molecule has 0 spiro atoms. The third-order valence-corrected chi connectivity index (χ3v) is 5.74. The molecule has 2 aromatic rings. The molecular weight excluding hydrogens is 349 g/mol. The number of rotatable bonds is 7. The van der Waals surface area contributed by atoms with Crippen molar-refractivity contribution >= 4 is 62.3 Å². The van der Waals surface area contributed by atoms with E-state index in [4.69, 9.17) is 28.3 Å². The Morgan fingerprint density at radius 2 is 2.14 bits per heavy atom. The SMILES string of the molecule is O=C(NCCSCCCO)c1sc2cc(Cl)ccc2c1Cl. The molecule has 21 heavy (non-hydrogen) atoms. The van der Waals surface area contributed by atoms with Crippen LogP contribution < -0.4 is 5.32 Å². The van der Waals surface area contributed by atoms with Gasteiger partial charge in [0.15, 0.2) is 0 Å². The van der Waals surface area contributed by atoms with E-state index in [0.717, 1.165) is 28.0 Å². The van der Waals surface area contributed by atoms with Crippen molar-refractivity contribution < 1.29 is 9.90 Å². The van der Waals surface area contributed by atoms with Crippen molar-refractivity contribution in [2.24, 2.45) is 0 Å². The fourth-order valence-corrected chi connectivity index (χ4v) is 4.26. The van der Waals surface area contributed by atoms with E-state index in [0.29, 0.717) is 21.5 Å². The molecule has 0 saturated carbocycles. The van der Waals surface area contributed by atoms with Gasteiger partial charge in [0, 0.05) is 34.0 Å². The van der Waals surface area contributed by atoms with Gasteiger partial charge < -0.3 is 10.4 Å². The molecule has 0 fully saturated rings. The standard InChI is InChI=1S/C14H15Cl2NO2S2/c15-9-2-3-10-11(8-9)21-13(12(10)16)14(19)17-4-7-20-6-1-5-18/h2-3,8,18H,1,4-7H2,(H,17,19). The summed E-state index contributed by atoms with van der Waals surface area (Å²) in [5, 5.41) is 13.5. The molecule has 3 nitrogen and oxygen atoms in total. The second kappa shape index (κ2) is 8.25. The number of carbonyl (C=O) groups excluding carboxylic acids is 1. The lowest BCUT2D eigenvalue weighted by atomic mass is 10.2. The minimum atomic E-state index is -0.153. The average molecular weight is 364 g/mol. The van der Waals surface area contributed by atoms with E-state index in [-0.39, 0.29) is 12.5 Å². The Hall–Kier alpha value is -0.460. The smallest absolute Gasteiger partial charge is 0.262 e. The van der Waals surface area contributed by atoms with Crippen molar-refractivity contribution in [2.45, 2.75) is 6.42 Å². The van der Waals surface area contributed by atoms with E-state index in [1.54, 1.807) is 17.8 Å². The van der Waals surface area contributed by atoms with Crippen LogP contribution in [0.2, 0.25) is 10.0 Å². The summed E-state index contributed by atoms with van der Waals surface area (Å²) >= 11 is 15.3. The van der Waals surface area contributed by atoms with Crippen molar-refractivity contribution in [3.63, 3.8) is 0 Å². The van der Waals surface area contributed by atoms with Gasteiger partial charge in [-0.15, -0.1) is 11.3 Å². The van der Waals surface area contributed by atoms with Gasteiger partial charge in [-0.05, 0) is 24.3 Å². The van der Waals surface area contributed by atoms with Crippen LogP contribution in [0.4, 0.5) is 0 Å². The molecule has 0 unspecified atom stereocenters. The summed E-state index contributed by atoms with van der Waals surface area (Å²) in [4.78, 5) is 12.7. The Morgan fingerprint density at radius 1 is 1.33 bits per heavy atom. The maximum atomic E-state index is 12.1. The molecule has 1 aromatic carbocycles. The number of thioether (sulfide) groups is 1. The minimum absolute atomic E-state index is 0.153. The number of aliphatic hydroxyl groups is 1. The molecule has 1 aromatic heterocycles. The molecule has 0 aliphatic rings. The first-order chi connectivity index (χ1) is 10.1. The van der Waals surface area contributed by atoms with Crippen LogP contribution in [0.15, 0.2) is 18.2 Å². The molecule has 1 heterocycles. The summed E-state index contributed by atoms with van der Waals surface area (Å²) in [6.45, 7) is 0.791. The van der Waals surface area contributed by atoms with E-state index in [2.05, 4.69) is 5.32 Å². The van der Waals surface area contributed by atoms with E-state index < -0.39 is 0 Å². The molecule has 2 N–H and O–H groups in total. The van der Waals surface area contributed by atoms with Gasteiger partial charge in [0.1, 0.15) is 4.88 Å². The molecule has 2 rings (SSSR count). The second-order valence-corrected chi connectivity index (χ2v) is 7.42. The fraction of sp³-hybridized carbons (Fsp3) is 0.357. The third-order valence-electron chi connectivity index (χ3n) is 2.78. The first-order valence-corrected chi connectivity index (χ1v) is 9.20. The number of amides is 1. The van der Waals surface area contributed by atoms with Gasteiger partial charge in [-0.1, -0.05) is 29.3 Å². The van der Waals surface area contributed by atoms with Gasteiger partial charge in [-0.3, -0.25) is 4.79 Å². The van der Waals surface area contributed by atoms with Crippen LogP contribution in [-0.2, 0) is 0 Å². The van der Waals surface area contributed by atoms with Gasteiger partial charge in [-0.2, -0.15) is 11.8 Å². The monoisotopic (exact) mass is 363 g/mol. The van der Waals surface area contributed by atoms with Gasteiger partial charge >= 0.3 is 0 Å². The highest BCUT2D eigenvalue weighted by atomic mass is 35.5. The van der Waals surface area contributed by atoms with Crippen LogP contribution in [0, 0.1) is 0 Å². The number of nitrogens with one attached hydrogen (secondary N) is 1. The van der Waals surface area contributed by atoms with Gasteiger partial charge in [0.2, 0.25) is 0 Å². The Kier molecular flexibility index (Phi) is 6.64. The third kappa shape index (κ3) is 4.50. The first kappa shape index (κ1) is 16.9. The number of hydrogen-bond acceptors (Lipinski definition) is 4. The lowest BCUT2D eigenvalue weighted by molar-refractivity contribution is 0.0960. The minimum Gasteiger partial charge on any atom is -0.396 e.